The third kappa shape index (κ3) is 4.81. The van der Waals surface area contributed by atoms with Crippen LogP contribution in [-0.2, 0) is 13.1 Å². The molecule has 3 aromatic heterocycles. The van der Waals surface area contributed by atoms with Crippen molar-refractivity contribution in [3.8, 4) is 0 Å². The van der Waals surface area contributed by atoms with E-state index in [0.29, 0.717) is 15.5 Å². The molecule has 5 aromatic rings. The van der Waals surface area contributed by atoms with E-state index in [1.54, 1.807) is 30.5 Å². The van der Waals surface area contributed by atoms with Crippen LogP contribution in [0.2, 0.25) is 5.02 Å². The molecule has 0 amide bonds. The number of hydrogen-bond acceptors (Lipinski definition) is 6. The van der Waals surface area contributed by atoms with Gasteiger partial charge in [-0.3, -0.25) is 14.3 Å². The van der Waals surface area contributed by atoms with E-state index in [9.17, 15) is 27.6 Å². The zero-order chi connectivity index (χ0) is 27.0. The van der Waals surface area contributed by atoms with Gasteiger partial charge in [0.1, 0.15) is 0 Å². The number of fused-ring (bicyclic) bond motifs is 1. The van der Waals surface area contributed by atoms with Gasteiger partial charge in [0.2, 0.25) is 5.95 Å². The molecule has 0 aliphatic rings. The van der Waals surface area contributed by atoms with E-state index < -0.39 is 47.5 Å². The Labute approximate surface area is 215 Å². The van der Waals surface area contributed by atoms with Crippen LogP contribution in [0.3, 0.4) is 0 Å². The summed E-state index contributed by atoms with van der Waals surface area (Å²) in [5.74, 6) is -4.87. The van der Waals surface area contributed by atoms with Crippen LogP contribution in [0.15, 0.2) is 75.3 Å². The summed E-state index contributed by atoms with van der Waals surface area (Å²) in [6.45, 7) is -0.921. The molecule has 0 radical (unpaired) electrons. The van der Waals surface area contributed by atoms with Crippen LogP contribution in [0.25, 0.3) is 10.9 Å². The molecule has 0 atom stereocenters. The number of rotatable bonds is 6. The zero-order valence-corrected chi connectivity index (χ0v) is 20.0. The number of nitrogens with one attached hydrogen (secondary N) is 2. The van der Waals surface area contributed by atoms with Crippen molar-refractivity contribution in [3.63, 3.8) is 0 Å². The van der Waals surface area contributed by atoms with Gasteiger partial charge in [0, 0.05) is 23.3 Å². The Kier molecular flexibility index (Phi) is 6.55. The molecule has 0 saturated heterocycles. The third-order valence-corrected chi connectivity index (χ3v) is 6.01. The van der Waals surface area contributed by atoms with Crippen LogP contribution in [0, 0.1) is 17.5 Å². The topological polar surface area (TPSA) is 115 Å². The minimum Gasteiger partial charge on any atom is -0.329 e. The highest BCUT2D eigenvalue weighted by Crippen LogP contribution is 2.29. The van der Waals surface area contributed by atoms with Crippen molar-refractivity contribution < 1.29 is 13.2 Å². The number of anilines is 2. The number of nitrogens with zero attached hydrogens (tertiary/aromatic N) is 4. The average molecular weight is 541 g/mol. The van der Waals surface area contributed by atoms with Crippen LogP contribution in [0.1, 0.15) is 11.1 Å². The van der Waals surface area contributed by atoms with Gasteiger partial charge in [0.05, 0.1) is 29.3 Å². The number of hydrogen-bond donors (Lipinski definition) is 2. The van der Waals surface area contributed by atoms with Crippen molar-refractivity contribution >= 4 is 34.1 Å². The first kappa shape index (κ1) is 25.0. The van der Waals surface area contributed by atoms with Gasteiger partial charge in [-0.2, -0.15) is 4.98 Å². The number of halogens is 4. The summed E-state index contributed by atoms with van der Waals surface area (Å²) in [6.07, 6.45) is 2.97. The highest BCUT2D eigenvalue weighted by molar-refractivity contribution is 6.34. The quantitative estimate of drug-likeness (QED) is 0.318. The zero-order valence-electron chi connectivity index (χ0n) is 19.2. The second-order valence-electron chi connectivity index (χ2n) is 8.22. The lowest BCUT2D eigenvalue weighted by Gasteiger charge is -2.17. The second kappa shape index (κ2) is 9.98. The molecule has 2 aromatic carbocycles. The van der Waals surface area contributed by atoms with E-state index in [4.69, 9.17) is 11.6 Å². The van der Waals surface area contributed by atoms with E-state index >= 15 is 0 Å². The van der Waals surface area contributed by atoms with Crippen molar-refractivity contribution in [1.82, 2.24) is 24.1 Å². The SMILES string of the molecule is O=c1[nH]cccc1Cn1c(=O)nc(Nc2cc3cccnc3cc2Cl)n(Cc2cc(F)c(F)c(F)c2)c1=O. The molecule has 3 heterocycles. The first-order chi connectivity index (χ1) is 18.2. The van der Waals surface area contributed by atoms with Gasteiger partial charge in [-0.1, -0.05) is 23.7 Å². The maximum absolute atomic E-state index is 13.9. The Balaban J connectivity index is 1.66. The maximum Gasteiger partial charge on any atom is 0.355 e. The lowest BCUT2D eigenvalue weighted by molar-refractivity contribution is 0.444. The molecule has 0 aliphatic heterocycles. The summed E-state index contributed by atoms with van der Waals surface area (Å²) in [6, 6.07) is 11.0. The average Bonchev–Trinajstić information content (AvgIpc) is 2.88. The molecular formula is C25H16ClF3N6O3. The molecular weight excluding hydrogens is 525 g/mol. The predicted octanol–water partition coefficient (Wildman–Crippen LogP) is 3.55. The van der Waals surface area contributed by atoms with Crippen LogP contribution < -0.4 is 22.3 Å². The third-order valence-electron chi connectivity index (χ3n) is 5.70. The van der Waals surface area contributed by atoms with E-state index in [0.717, 1.165) is 16.7 Å². The van der Waals surface area contributed by atoms with Gasteiger partial charge in [0.25, 0.3) is 5.56 Å². The summed E-state index contributed by atoms with van der Waals surface area (Å²) in [4.78, 5) is 49.1. The highest BCUT2D eigenvalue weighted by Gasteiger charge is 2.18. The van der Waals surface area contributed by atoms with E-state index in [1.807, 2.05) is 0 Å². The molecule has 5 rings (SSSR count). The Bertz CT molecular complexity index is 1860. The molecule has 2 N–H and O–H groups in total. The van der Waals surface area contributed by atoms with Crippen molar-refractivity contribution in [3.05, 3.63) is 126 Å². The van der Waals surface area contributed by atoms with Crippen molar-refractivity contribution in [2.24, 2.45) is 0 Å². The summed E-state index contributed by atoms with van der Waals surface area (Å²) in [7, 11) is 0. The molecule has 0 unspecified atom stereocenters. The smallest absolute Gasteiger partial charge is 0.329 e. The van der Waals surface area contributed by atoms with Crippen LogP contribution in [0.4, 0.5) is 24.8 Å². The first-order valence-corrected chi connectivity index (χ1v) is 11.4. The summed E-state index contributed by atoms with van der Waals surface area (Å²) in [5.41, 5.74) is -1.62. The van der Waals surface area contributed by atoms with Gasteiger partial charge in [-0.15, -0.1) is 0 Å². The Morgan fingerprint density at radius 1 is 0.947 bits per heavy atom. The molecule has 0 fully saturated rings. The molecule has 192 valence electrons. The standard InChI is InChI=1S/C25H16ClF3N6O3/c26-16-10-19-14(3-1-5-30-19)9-20(16)32-23-33-24(37)35(12-15-4-2-6-31-22(15)36)25(38)34(23)11-13-7-17(27)21(29)18(28)8-13/h1-10H,11-12H2,(H,31,36)(H,32,33,37). The second-order valence-corrected chi connectivity index (χ2v) is 8.63. The minimum absolute atomic E-state index is 0.102. The molecule has 9 nitrogen and oxygen atoms in total. The normalized spacial score (nSPS) is 11.2. The number of aromatic nitrogens is 5. The van der Waals surface area contributed by atoms with Crippen molar-refractivity contribution in [2.75, 3.05) is 5.32 Å². The number of H-pyrrole nitrogens is 1. The number of pyridine rings is 2. The van der Waals surface area contributed by atoms with Crippen molar-refractivity contribution in [1.29, 1.82) is 0 Å². The molecule has 0 saturated carbocycles. The van der Waals surface area contributed by atoms with E-state index in [1.165, 1.54) is 18.3 Å². The van der Waals surface area contributed by atoms with Crippen LogP contribution in [-0.4, -0.2) is 24.1 Å². The molecule has 13 heteroatoms. The summed E-state index contributed by atoms with van der Waals surface area (Å²) >= 11 is 6.38. The van der Waals surface area contributed by atoms with Gasteiger partial charge in [0.15, 0.2) is 17.5 Å². The van der Waals surface area contributed by atoms with Gasteiger partial charge < -0.3 is 10.3 Å². The van der Waals surface area contributed by atoms with Crippen molar-refractivity contribution in [2.45, 2.75) is 13.1 Å². The fraction of sp³-hybridized carbons (Fsp3) is 0.0800. The number of aromatic amines is 1. The maximum atomic E-state index is 13.9. The van der Waals surface area contributed by atoms with Crippen LogP contribution in [0.5, 0.6) is 0 Å². The Morgan fingerprint density at radius 3 is 2.45 bits per heavy atom. The monoisotopic (exact) mass is 540 g/mol. The molecule has 0 spiro atoms. The fourth-order valence-corrected chi connectivity index (χ4v) is 4.05. The van der Waals surface area contributed by atoms with Crippen LogP contribution >= 0.6 is 11.6 Å². The molecule has 0 aliphatic carbocycles. The lowest BCUT2D eigenvalue weighted by atomic mass is 10.2. The lowest BCUT2D eigenvalue weighted by Crippen LogP contribution is -2.43. The summed E-state index contributed by atoms with van der Waals surface area (Å²) < 4.78 is 43.0. The Hall–Kier alpha value is -4.71. The van der Waals surface area contributed by atoms with Gasteiger partial charge >= 0.3 is 11.4 Å². The van der Waals surface area contributed by atoms with E-state index in [2.05, 4.69) is 20.3 Å². The summed E-state index contributed by atoms with van der Waals surface area (Å²) in [5, 5.41) is 3.71. The fourth-order valence-electron chi connectivity index (χ4n) is 3.85. The Morgan fingerprint density at radius 2 is 1.71 bits per heavy atom. The molecule has 0 bridgehead atoms. The predicted molar refractivity (Wildman–Crippen MR) is 134 cm³/mol. The minimum atomic E-state index is -1.66. The van der Waals surface area contributed by atoms with E-state index in [-0.39, 0.29) is 27.8 Å². The van der Waals surface area contributed by atoms with Gasteiger partial charge in [-0.05, 0) is 42.0 Å². The van der Waals surface area contributed by atoms with Gasteiger partial charge in [-0.25, -0.2) is 27.3 Å². The molecule has 38 heavy (non-hydrogen) atoms. The first-order valence-electron chi connectivity index (χ1n) is 11.0. The largest absolute Gasteiger partial charge is 0.355 e. The number of benzene rings is 2. The highest BCUT2D eigenvalue weighted by atomic mass is 35.5.